The molecule has 0 aromatic heterocycles. The third-order valence-electron chi connectivity index (χ3n) is 3.44. The molecule has 1 aromatic carbocycles. The van der Waals surface area contributed by atoms with Crippen molar-refractivity contribution in [3.63, 3.8) is 0 Å². The van der Waals surface area contributed by atoms with Crippen LogP contribution in [0.2, 0.25) is 5.02 Å². The van der Waals surface area contributed by atoms with E-state index in [1.165, 1.54) is 5.69 Å². The van der Waals surface area contributed by atoms with E-state index in [1.54, 1.807) is 0 Å². The molecule has 0 unspecified atom stereocenters. The molecule has 0 saturated carbocycles. The zero-order valence-electron chi connectivity index (χ0n) is 13.7. The van der Waals surface area contributed by atoms with Gasteiger partial charge in [-0.3, -0.25) is 0 Å². The molecule has 0 heterocycles. The van der Waals surface area contributed by atoms with Crippen LogP contribution in [-0.4, -0.2) is 30.8 Å². The lowest BCUT2D eigenvalue weighted by Crippen LogP contribution is -2.33. The first-order chi connectivity index (χ1) is 9.97. The van der Waals surface area contributed by atoms with Gasteiger partial charge in [-0.1, -0.05) is 31.5 Å². The van der Waals surface area contributed by atoms with Gasteiger partial charge in [0.1, 0.15) is 0 Å². The van der Waals surface area contributed by atoms with Gasteiger partial charge in [0.25, 0.3) is 0 Å². The van der Waals surface area contributed by atoms with E-state index < -0.39 is 0 Å². The van der Waals surface area contributed by atoms with Crippen LogP contribution in [0.1, 0.15) is 39.7 Å². The van der Waals surface area contributed by atoms with Gasteiger partial charge in [0.2, 0.25) is 0 Å². The zero-order valence-corrected chi connectivity index (χ0v) is 14.5. The minimum absolute atomic E-state index is 0.213. The van der Waals surface area contributed by atoms with Crippen molar-refractivity contribution in [3.8, 4) is 0 Å². The second-order valence-electron chi connectivity index (χ2n) is 6.13. The van der Waals surface area contributed by atoms with E-state index >= 15 is 0 Å². The molecule has 2 N–H and O–H groups in total. The van der Waals surface area contributed by atoms with Crippen molar-refractivity contribution in [2.24, 2.45) is 5.92 Å². The molecule has 0 saturated heterocycles. The highest BCUT2D eigenvalue weighted by molar-refractivity contribution is 6.31. The summed E-state index contributed by atoms with van der Waals surface area (Å²) in [7, 11) is 0. The Morgan fingerprint density at radius 2 is 1.95 bits per heavy atom. The first-order valence-electron chi connectivity index (χ1n) is 7.83. The number of nitrogens with zero attached hydrogens (tertiary/aromatic N) is 1. The molecule has 1 aromatic rings. The molecular formula is C17H29ClN2O. The van der Waals surface area contributed by atoms with Gasteiger partial charge in [0, 0.05) is 42.0 Å². The van der Waals surface area contributed by atoms with Crippen molar-refractivity contribution in [1.82, 2.24) is 5.32 Å². The summed E-state index contributed by atoms with van der Waals surface area (Å²) in [6, 6.07) is 6.44. The lowest BCUT2D eigenvalue weighted by Gasteiger charge is -2.31. The molecular weight excluding hydrogens is 284 g/mol. The Morgan fingerprint density at radius 1 is 1.24 bits per heavy atom. The van der Waals surface area contributed by atoms with E-state index in [0.717, 1.165) is 36.6 Å². The van der Waals surface area contributed by atoms with E-state index in [-0.39, 0.29) is 6.61 Å². The fourth-order valence-corrected chi connectivity index (χ4v) is 2.61. The number of nitrogens with one attached hydrogen (secondary N) is 1. The summed E-state index contributed by atoms with van der Waals surface area (Å²) in [6.07, 6.45) is 0.767. The van der Waals surface area contributed by atoms with Gasteiger partial charge in [-0.2, -0.15) is 0 Å². The first-order valence-corrected chi connectivity index (χ1v) is 8.20. The zero-order chi connectivity index (χ0) is 15.8. The number of benzene rings is 1. The van der Waals surface area contributed by atoms with Crippen LogP contribution in [0.4, 0.5) is 5.69 Å². The molecule has 0 aliphatic carbocycles. The maximum Gasteiger partial charge on any atom is 0.0471 e. The van der Waals surface area contributed by atoms with E-state index in [9.17, 15) is 0 Å². The average Bonchev–Trinajstić information content (AvgIpc) is 2.41. The normalized spacial score (nSPS) is 11.4. The van der Waals surface area contributed by atoms with Gasteiger partial charge >= 0.3 is 0 Å². The highest BCUT2D eigenvalue weighted by Gasteiger charge is 2.16. The Labute approximate surface area is 134 Å². The quantitative estimate of drug-likeness (QED) is 0.730. The van der Waals surface area contributed by atoms with Crippen LogP contribution in [0.25, 0.3) is 0 Å². The van der Waals surface area contributed by atoms with Crippen molar-refractivity contribution in [2.75, 3.05) is 24.6 Å². The molecule has 0 aliphatic rings. The van der Waals surface area contributed by atoms with E-state index in [1.807, 2.05) is 12.1 Å². The van der Waals surface area contributed by atoms with Crippen LogP contribution in [0.5, 0.6) is 0 Å². The molecule has 21 heavy (non-hydrogen) atoms. The number of rotatable bonds is 9. The summed E-state index contributed by atoms with van der Waals surface area (Å²) >= 11 is 6.41. The Kier molecular flexibility index (Phi) is 8.09. The fraction of sp³-hybridized carbons (Fsp3) is 0.647. The Balaban J connectivity index is 2.95. The number of halogens is 1. The molecule has 3 nitrogen and oxygen atoms in total. The Morgan fingerprint density at radius 3 is 2.52 bits per heavy atom. The van der Waals surface area contributed by atoms with Gasteiger partial charge in [-0.25, -0.2) is 0 Å². The molecule has 0 atom stereocenters. The molecule has 0 radical (unpaired) electrons. The SMILES string of the molecule is CC(C)CNCc1c(Cl)cccc1N(CCCO)C(C)C. The molecule has 0 spiro atoms. The maximum atomic E-state index is 9.11. The van der Waals surface area contributed by atoms with Crippen LogP contribution in [0, 0.1) is 5.92 Å². The smallest absolute Gasteiger partial charge is 0.0471 e. The fourth-order valence-electron chi connectivity index (χ4n) is 2.38. The number of hydrogen-bond donors (Lipinski definition) is 2. The van der Waals surface area contributed by atoms with Gasteiger partial charge in [-0.05, 0) is 44.9 Å². The first kappa shape index (κ1) is 18.3. The average molecular weight is 313 g/mol. The van der Waals surface area contributed by atoms with E-state index in [2.05, 4.69) is 44.0 Å². The summed E-state index contributed by atoms with van der Waals surface area (Å²) < 4.78 is 0. The van der Waals surface area contributed by atoms with Crippen molar-refractivity contribution in [2.45, 2.75) is 46.7 Å². The summed E-state index contributed by atoms with van der Waals surface area (Å²) in [5.41, 5.74) is 2.31. The predicted octanol–water partition coefficient (Wildman–Crippen LogP) is 3.68. The van der Waals surface area contributed by atoms with Crippen molar-refractivity contribution in [3.05, 3.63) is 28.8 Å². The molecule has 0 amide bonds. The van der Waals surface area contributed by atoms with Gasteiger partial charge < -0.3 is 15.3 Å². The minimum Gasteiger partial charge on any atom is -0.396 e. The maximum absolute atomic E-state index is 9.11. The van der Waals surface area contributed by atoms with Gasteiger partial charge in [0.05, 0.1) is 0 Å². The Hall–Kier alpha value is -0.770. The van der Waals surface area contributed by atoms with Crippen LogP contribution >= 0.6 is 11.6 Å². The highest BCUT2D eigenvalue weighted by Crippen LogP contribution is 2.29. The summed E-state index contributed by atoms with van der Waals surface area (Å²) in [5, 5.41) is 13.4. The van der Waals surface area contributed by atoms with E-state index in [0.29, 0.717) is 12.0 Å². The van der Waals surface area contributed by atoms with Crippen molar-refractivity contribution in [1.29, 1.82) is 0 Å². The molecule has 0 fully saturated rings. The second kappa shape index (κ2) is 9.29. The summed E-state index contributed by atoms with van der Waals surface area (Å²) in [6.45, 7) is 11.5. The van der Waals surface area contributed by atoms with Gasteiger partial charge in [0.15, 0.2) is 0 Å². The van der Waals surface area contributed by atoms with Crippen molar-refractivity contribution >= 4 is 17.3 Å². The second-order valence-corrected chi connectivity index (χ2v) is 6.53. The standard InChI is InChI=1S/C17H29ClN2O/c1-13(2)11-19-12-15-16(18)7-5-8-17(15)20(14(3)4)9-6-10-21/h5,7-8,13-14,19,21H,6,9-12H2,1-4H3. The van der Waals surface area contributed by atoms with E-state index in [4.69, 9.17) is 16.7 Å². The highest BCUT2D eigenvalue weighted by atomic mass is 35.5. The number of hydrogen-bond acceptors (Lipinski definition) is 3. The van der Waals surface area contributed by atoms with Crippen LogP contribution in [0.15, 0.2) is 18.2 Å². The third kappa shape index (κ3) is 5.85. The van der Waals surface area contributed by atoms with Gasteiger partial charge in [-0.15, -0.1) is 0 Å². The summed E-state index contributed by atoms with van der Waals surface area (Å²) in [5.74, 6) is 0.617. The molecule has 0 aliphatic heterocycles. The minimum atomic E-state index is 0.213. The predicted molar refractivity (Wildman–Crippen MR) is 92.2 cm³/mol. The van der Waals surface area contributed by atoms with Crippen LogP contribution < -0.4 is 10.2 Å². The molecule has 1 rings (SSSR count). The Bertz CT molecular complexity index is 421. The molecule has 0 bridgehead atoms. The number of aliphatic hydroxyl groups is 1. The molecule has 4 heteroatoms. The topological polar surface area (TPSA) is 35.5 Å². The summed E-state index contributed by atoms with van der Waals surface area (Å²) in [4.78, 5) is 2.31. The van der Waals surface area contributed by atoms with Crippen molar-refractivity contribution < 1.29 is 5.11 Å². The monoisotopic (exact) mass is 312 g/mol. The third-order valence-corrected chi connectivity index (χ3v) is 3.79. The number of aliphatic hydroxyl groups excluding tert-OH is 1. The van der Waals surface area contributed by atoms with Crippen LogP contribution in [-0.2, 0) is 6.54 Å². The molecule has 120 valence electrons. The lowest BCUT2D eigenvalue weighted by molar-refractivity contribution is 0.288. The largest absolute Gasteiger partial charge is 0.396 e. The number of anilines is 1. The lowest BCUT2D eigenvalue weighted by atomic mass is 10.1. The van der Waals surface area contributed by atoms with Crippen LogP contribution in [0.3, 0.4) is 0 Å².